The van der Waals surface area contributed by atoms with Crippen LogP contribution >= 0.6 is 0 Å². The number of carbonyl (C=O) groups is 2. The number of aryl methyl sites for hydroxylation is 1. The lowest BCUT2D eigenvalue weighted by atomic mass is 10.0. The summed E-state index contributed by atoms with van der Waals surface area (Å²) in [5, 5.41) is 5.62. The fraction of sp³-hybridized carbons (Fsp3) is 0.276. The van der Waals surface area contributed by atoms with Crippen molar-refractivity contribution in [1.29, 1.82) is 0 Å². The van der Waals surface area contributed by atoms with Gasteiger partial charge in [-0.1, -0.05) is 6.07 Å². The van der Waals surface area contributed by atoms with Gasteiger partial charge in [0.1, 0.15) is 5.54 Å². The Morgan fingerprint density at radius 1 is 1.02 bits per heavy atom. The Kier molecular flexibility index (Phi) is 8.13. The summed E-state index contributed by atoms with van der Waals surface area (Å²) in [5.74, 6) is -0.903. The van der Waals surface area contributed by atoms with Crippen molar-refractivity contribution in [3.63, 3.8) is 0 Å². The minimum Gasteiger partial charge on any atom is -0.389 e. The van der Waals surface area contributed by atoms with Crippen molar-refractivity contribution in [3.05, 3.63) is 93.6 Å². The standard InChI is InChI=1S/C29H28F3N5O4/c1-17-21(34-24(38)18-8-10-19(11-9-18)29(30,31)32)12-13-22-23(17)25(39)41-27(35-22)36-28(2,3)26(40)37(4)16-14-20-7-5-6-15-33-20/h5-13,15H,14,16H2,1-4H3,(H,34,38)(H,35,36). The lowest BCUT2D eigenvalue weighted by Gasteiger charge is -2.30. The molecule has 214 valence electrons. The Hall–Kier alpha value is -4.74. The van der Waals surface area contributed by atoms with E-state index in [0.29, 0.717) is 18.5 Å². The van der Waals surface area contributed by atoms with Crippen LogP contribution in [-0.4, -0.2) is 45.8 Å². The maximum absolute atomic E-state index is 13.1. The number of nitrogens with one attached hydrogen (secondary N) is 2. The molecule has 0 unspecified atom stereocenters. The smallest absolute Gasteiger partial charge is 0.389 e. The molecule has 0 aliphatic carbocycles. The van der Waals surface area contributed by atoms with E-state index in [1.54, 1.807) is 38.9 Å². The number of hydrogen-bond acceptors (Lipinski definition) is 7. The summed E-state index contributed by atoms with van der Waals surface area (Å²) in [6.45, 7) is 5.30. The number of aromatic nitrogens is 2. The van der Waals surface area contributed by atoms with Gasteiger partial charge in [0.25, 0.3) is 11.9 Å². The SMILES string of the molecule is Cc1c(NC(=O)c2ccc(C(F)(F)F)cc2)ccc2nc(NC(C)(C)C(=O)N(C)CCc3ccccn3)oc(=O)c12. The fourth-order valence-electron chi connectivity index (χ4n) is 4.24. The molecule has 4 aromatic rings. The van der Waals surface area contributed by atoms with Gasteiger partial charge in [-0.15, -0.1) is 0 Å². The lowest BCUT2D eigenvalue weighted by molar-refractivity contribution is -0.137. The molecule has 2 aromatic carbocycles. The zero-order valence-corrected chi connectivity index (χ0v) is 22.8. The van der Waals surface area contributed by atoms with Gasteiger partial charge in [0, 0.05) is 43.2 Å². The van der Waals surface area contributed by atoms with Crippen LogP contribution in [-0.2, 0) is 17.4 Å². The normalized spacial score (nSPS) is 11.8. The Labute approximate surface area is 233 Å². The monoisotopic (exact) mass is 567 g/mol. The summed E-state index contributed by atoms with van der Waals surface area (Å²) in [6.07, 6.45) is -2.26. The zero-order chi connectivity index (χ0) is 29.9. The molecule has 0 saturated carbocycles. The maximum Gasteiger partial charge on any atom is 0.416 e. The minimum absolute atomic E-state index is 0.0131. The third-order valence-corrected chi connectivity index (χ3v) is 6.51. The van der Waals surface area contributed by atoms with Gasteiger partial charge in [-0.3, -0.25) is 14.6 Å². The van der Waals surface area contributed by atoms with Crippen LogP contribution in [0.15, 0.2) is 70.0 Å². The third kappa shape index (κ3) is 6.71. The molecule has 12 heteroatoms. The maximum atomic E-state index is 13.1. The lowest BCUT2D eigenvalue weighted by Crippen LogP contribution is -2.49. The number of amides is 2. The first-order valence-electron chi connectivity index (χ1n) is 12.6. The van der Waals surface area contributed by atoms with Crippen molar-refractivity contribution >= 4 is 34.4 Å². The highest BCUT2D eigenvalue weighted by atomic mass is 19.4. The summed E-state index contributed by atoms with van der Waals surface area (Å²) >= 11 is 0. The zero-order valence-electron chi connectivity index (χ0n) is 22.8. The van der Waals surface area contributed by atoms with E-state index in [4.69, 9.17) is 4.42 Å². The van der Waals surface area contributed by atoms with Crippen LogP contribution in [0.2, 0.25) is 0 Å². The molecule has 0 aliphatic heterocycles. The van der Waals surface area contributed by atoms with Crippen LogP contribution in [0.5, 0.6) is 0 Å². The Bertz CT molecular complexity index is 1640. The van der Waals surface area contributed by atoms with E-state index in [1.165, 1.54) is 12.1 Å². The Balaban J connectivity index is 1.49. The van der Waals surface area contributed by atoms with Crippen molar-refractivity contribution in [2.75, 3.05) is 24.2 Å². The van der Waals surface area contributed by atoms with Crippen LogP contribution in [0, 0.1) is 6.92 Å². The number of hydrogen-bond donors (Lipinski definition) is 2. The van der Waals surface area contributed by atoms with Crippen LogP contribution in [0.25, 0.3) is 10.9 Å². The van der Waals surface area contributed by atoms with E-state index < -0.39 is 28.8 Å². The molecule has 9 nitrogen and oxygen atoms in total. The highest BCUT2D eigenvalue weighted by molar-refractivity contribution is 6.06. The van der Waals surface area contributed by atoms with Crippen molar-refractivity contribution < 1.29 is 27.2 Å². The highest BCUT2D eigenvalue weighted by Crippen LogP contribution is 2.29. The van der Waals surface area contributed by atoms with Crippen LogP contribution in [0.4, 0.5) is 24.9 Å². The van der Waals surface area contributed by atoms with Gasteiger partial charge < -0.3 is 20.0 Å². The van der Waals surface area contributed by atoms with Crippen molar-refractivity contribution in [1.82, 2.24) is 14.9 Å². The van der Waals surface area contributed by atoms with Gasteiger partial charge in [-0.2, -0.15) is 18.2 Å². The van der Waals surface area contributed by atoms with Gasteiger partial charge in [-0.05, 0) is 74.9 Å². The summed E-state index contributed by atoms with van der Waals surface area (Å²) in [4.78, 5) is 48.9. The first-order chi connectivity index (χ1) is 19.3. The molecule has 0 spiro atoms. The molecule has 0 radical (unpaired) electrons. The molecule has 0 saturated heterocycles. The first kappa shape index (κ1) is 29.2. The van der Waals surface area contributed by atoms with E-state index >= 15 is 0 Å². The molecule has 2 N–H and O–H groups in total. The molecule has 0 bridgehead atoms. The molecular formula is C29H28F3N5O4. The van der Waals surface area contributed by atoms with Gasteiger partial charge in [0.05, 0.1) is 16.5 Å². The van der Waals surface area contributed by atoms with Gasteiger partial charge in [0.2, 0.25) is 5.91 Å². The number of halogens is 3. The second-order valence-corrected chi connectivity index (χ2v) is 10.0. The predicted octanol–water partition coefficient (Wildman–Crippen LogP) is 5.05. The number of likely N-dealkylation sites (N-methyl/N-ethyl adjacent to an activating group) is 1. The predicted molar refractivity (Wildman–Crippen MR) is 148 cm³/mol. The number of fused-ring (bicyclic) bond motifs is 1. The van der Waals surface area contributed by atoms with Crippen LogP contribution in [0.3, 0.4) is 0 Å². The second-order valence-electron chi connectivity index (χ2n) is 10.0. The quantitative estimate of drug-likeness (QED) is 0.306. The van der Waals surface area contributed by atoms with E-state index in [1.807, 2.05) is 18.2 Å². The number of carbonyl (C=O) groups excluding carboxylic acids is 2. The molecule has 2 amide bonds. The highest BCUT2D eigenvalue weighted by Gasteiger charge is 2.32. The molecule has 2 aromatic heterocycles. The summed E-state index contributed by atoms with van der Waals surface area (Å²) < 4.78 is 43.8. The molecule has 2 heterocycles. The minimum atomic E-state index is -4.52. The summed E-state index contributed by atoms with van der Waals surface area (Å²) in [6, 6.07) is 12.2. The molecule has 41 heavy (non-hydrogen) atoms. The third-order valence-electron chi connectivity index (χ3n) is 6.51. The summed E-state index contributed by atoms with van der Waals surface area (Å²) in [5.41, 5.74) is -1.02. The Morgan fingerprint density at radius 2 is 1.73 bits per heavy atom. The molecular weight excluding hydrogens is 539 g/mol. The fourth-order valence-corrected chi connectivity index (χ4v) is 4.24. The van der Waals surface area contributed by atoms with Gasteiger partial charge in [0.15, 0.2) is 0 Å². The van der Waals surface area contributed by atoms with E-state index in [9.17, 15) is 27.6 Å². The number of nitrogens with zero attached hydrogens (tertiary/aromatic N) is 3. The second kappa shape index (κ2) is 11.4. The molecule has 0 fully saturated rings. The topological polar surface area (TPSA) is 117 Å². The number of alkyl halides is 3. The largest absolute Gasteiger partial charge is 0.416 e. The van der Waals surface area contributed by atoms with E-state index in [0.717, 1.165) is 30.0 Å². The summed E-state index contributed by atoms with van der Waals surface area (Å²) in [7, 11) is 1.67. The van der Waals surface area contributed by atoms with Gasteiger partial charge >= 0.3 is 11.8 Å². The average Bonchev–Trinajstić information content (AvgIpc) is 2.92. The molecule has 0 aliphatic rings. The van der Waals surface area contributed by atoms with E-state index in [-0.39, 0.29) is 34.1 Å². The van der Waals surface area contributed by atoms with Crippen molar-refractivity contribution in [2.24, 2.45) is 0 Å². The number of anilines is 2. The van der Waals surface area contributed by atoms with Gasteiger partial charge in [-0.25, -0.2) is 4.79 Å². The van der Waals surface area contributed by atoms with Crippen LogP contribution < -0.4 is 16.3 Å². The molecule has 0 atom stereocenters. The number of rotatable bonds is 8. The van der Waals surface area contributed by atoms with Crippen molar-refractivity contribution in [3.8, 4) is 0 Å². The van der Waals surface area contributed by atoms with Crippen molar-refractivity contribution in [2.45, 2.75) is 38.9 Å². The van der Waals surface area contributed by atoms with Crippen LogP contribution in [0.1, 0.15) is 41.0 Å². The number of pyridine rings is 1. The molecule has 4 rings (SSSR count). The number of benzene rings is 2. The average molecular weight is 568 g/mol. The van der Waals surface area contributed by atoms with E-state index in [2.05, 4.69) is 20.6 Å². The first-order valence-corrected chi connectivity index (χ1v) is 12.6. The Morgan fingerprint density at radius 3 is 2.37 bits per heavy atom.